The molecule has 0 bridgehead atoms. The molecule has 9 nitrogen and oxygen atoms in total. The van der Waals surface area contributed by atoms with Crippen molar-refractivity contribution < 1.29 is 33.4 Å². The van der Waals surface area contributed by atoms with Crippen LogP contribution in [0.4, 0.5) is 0 Å². The molecule has 2 rings (SSSR count). The Balaban J connectivity index is 2.37. The van der Waals surface area contributed by atoms with Crippen LogP contribution in [0.5, 0.6) is 5.75 Å². The number of rotatable bonds is 10. The number of methoxy groups -OCH3 is 1. The maximum atomic E-state index is 12.8. The fourth-order valence-corrected chi connectivity index (χ4v) is 4.10. The van der Waals surface area contributed by atoms with Crippen molar-refractivity contribution in [3.63, 3.8) is 0 Å². The van der Waals surface area contributed by atoms with Crippen molar-refractivity contribution in [3.8, 4) is 11.8 Å². The molecular weight excluding hydrogens is 436 g/mol. The second-order valence-corrected chi connectivity index (χ2v) is 7.62. The van der Waals surface area contributed by atoms with E-state index in [1.807, 2.05) is 6.92 Å². The number of carbonyl (C=O) groups excluding carboxylic acids is 4. The van der Waals surface area contributed by atoms with Gasteiger partial charge in [0.1, 0.15) is 18.1 Å². The normalized spacial score (nSPS) is 17.8. The van der Waals surface area contributed by atoms with Crippen molar-refractivity contribution in [2.45, 2.75) is 26.2 Å². The highest BCUT2D eigenvalue weighted by Crippen LogP contribution is 2.40. The predicted octanol–water partition coefficient (Wildman–Crippen LogP) is 2.08. The van der Waals surface area contributed by atoms with Gasteiger partial charge >= 0.3 is 11.9 Å². The van der Waals surface area contributed by atoms with Crippen LogP contribution < -0.4 is 10.1 Å². The molecule has 1 amide bonds. The van der Waals surface area contributed by atoms with Crippen LogP contribution in [0.2, 0.25) is 0 Å². The fourth-order valence-electron chi connectivity index (χ4n) is 3.19. The van der Waals surface area contributed by atoms with E-state index < -0.39 is 41.9 Å². The summed E-state index contributed by atoms with van der Waals surface area (Å²) >= 11 is 0.924. The molecule has 2 atom stereocenters. The van der Waals surface area contributed by atoms with E-state index in [-0.39, 0.29) is 23.0 Å². The maximum absolute atomic E-state index is 12.8. The monoisotopic (exact) mass is 460 g/mol. The summed E-state index contributed by atoms with van der Waals surface area (Å²) in [5, 5.41) is 12.6. The second-order valence-electron chi connectivity index (χ2n) is 6.63. The SMILES string of the molecule is CCOC(=O)CC(=O)CSC1=C(C#N)[C@H](c2ccc(OCC)cc2)[C@H](C(=O)OC)C(=O)N1. The summed E-state index contributed by atoms with van der Waals surface area (Å²) in [5.41, 5.74) is 0.671. The molecule has 0 saturated carbocycles. The van der Waals surface area contributed by atoms with Crippen LogP contribution in [-0.2, 0) is 28.7 Å². The molecule has 1 aliphatic rings. The largest absolute Gasteiger partial charge is 0.494 e. The molecule has 0 aliphatic carbocycles. The summed E-state index contributed by atoms with van der Waals surface area (Å²) < 4.78 is 15.0. The van der Waals surface area contributed by atoms with Gasteiger partial charge in [0, 0.05) is 5.92 Å². The Morgan fingerprint density at radius 2 is 1.84 bits per heavy atom. The lowest BCUT2D eigenvalue weighted by atomic mass is 9.78. The molecule has 1 N–H and O–H groups in total. The summed E-state index contributed by atoms with van der Waals surface area (Å²) in [6.07, 6.45) is -0.406. The zero-order valence-corrected chi connectivity index (χ0v) is 18.8. The molecular formula is C22H24N2O7S. The fraction of sp³-hybridized carbons (Fsp3) is 0.409. The van der Waals surface area contributed by atoms with E-state index in [2.05, 4.69) is 11.4 Å². The number of benzene rings is 1. The number of hydrogen-bond acceptors (Lipinski definition) is 9. The van der Waals surface area contributed by atoms with Crippen LogP contribution in [0.1, 0.15) is 31.7 Å². The second kappa shape index (κ2) is 11.9. The number of Topliss-reactive ketones (excluding diaryl/α,β-unsaturated/α-hetero) is 1. The lowest BCUT2D eigenvalue weighted by Gasteiger charge is -2.31. The standard InChI is InChI=1S/C22H24N2O7S/c1-4-30-15-8-6-13(7-9-15)18-16(11-23)21(24-20(27)19(18)22(28)29-3)32-12-14(25)10-17(26)31-5-2/h6-9,18-19H,4-5,10,12H2,1-3H3,(H,24,27)/t18-,19-/m0/s1. The zero-order chi connectivity index (χ0) is 23.7. The van der Waals surface area contributed by atoms with Gasteiger partial charge in [-0.1, -0.05) is 23.9 Å². The Hall–Kier alpha value is -3.32. The first-order chi connectivity index (χ1) is 15.4. The summed E-state index contributed by atoms with van der Waals surface area (Å²) in [5.74, 6) is -4.21. The van der Waals surface area contributed by atoms with Crippen LogP contribution in [0.25, 0.3) is 0 Å². The number of hydrogen-bond donors (Lipinski definition) is 1. The summed E-state index contributed by atoms with van der Waals surface area (Å²) in [4.78, 5) is 48.8. The lowest BCUT2D eigenvalue weighted by Crippen LogP contribution is -2.44. The van der Waals surface area contributed by atoms with Crippen molar-refractivity contribution >= 4 is 35.4 Å². The van der Waals surface area contributed by atoms with E-state index in [1.165, 1.54) is 7.11 Å². The summed E-state index contributed by atoms with van der Waals surface area (Å²) in [6, 6.07) is 8.78. The molecule has 1 aromatic carbocycles. The molecule has 0 aromatic heterocycles. The van der Waals surface area contributed by atoms with Gasteiger partial charge < -0.3 is 19.5 Å². The van der Waals surface area contributed by atoms with Gasteiger partial charge in [0.25, 0.3) is 0 Å². The van der Waals surface area contributed by atoms with Gasteiger partial charge in [-0.2, -0.15) is 5.26 Å². The third kappa shape index (κ3) is 6.11. The van der Waals surface area contributed by atoms with E-state index in [0.29, 0.717) is 17.9 Å². The third-order valence-corrected chi connectivity index (χ3v) is 5.64. The molecule has 1 heterocycles. The summed E-state index contributed by atoms with van der Waals surface area (Å²) in [7, 11) is 1.17. The molecule has 1 aromatic rings. The molecule has 10 heteroatoms. The Morgan fingerprint density at radius 1 is 1.16 bits per heavy atom. The smallest absolute Gasteiger partial charge is 0.319 e. The molecule has 0 spiro atoms. The minimum atomic E-state index is -1.27. The Bertz CT molecular complexity index is 950. The van der Waals surface area contributed by atoms with Crippen LogP contribution in [0.15, 0.2) is 34.9 Å². The van der Waals surface area contributed by atoms with Gasteiger partial charge in [0.15, 0.2) is 5.78 Å². The molecule has 0 saturated heterocycles. The highest BCUT2D eigenvalue weighted by Gasteiger charge is 2.44. The molecule has 1 aliphatic heterocycles. The van der Waals surface area contributed by atoms with E-state index in [9.17, 15) is 24.4 Å². The Kier molecular flexibility index (Phi) is 9.28. The van der Waals surface area contributed by atoms with E-state index >= 15 is 0 Å². The first kappa shape index (κ1) is 24.9. The molecule has 32 heavy (non-hydrogen) atoms. The number of ketones is 1. The average molecular weight is 461 g/mol. The van der Waals surface area contributed by atoms with Crippen LogP contribution in [0.3, 0.4) is 0 Å². The molecule has 170 valence electrons. The van der Waals surface area contributed by atoms with E-state index in [0.717, 1.165) is 11.8 Å². The number of thioether (sulfide) groups is 1. The van der Waals surface area contributed by atoms with Gasteiger partial charge in [0.2, 0.25) is 5.91 Å². The van der Waals surface area contributed by atoms with Crippen LogP contribution in [-0.4, -0.2) is 49.7 Å². The minimum absolute atomic E-state index is 0.123. The highest BCUT2D eigenvalue weighted by molar-refractivity contribution is 8.03. The quantitative estimate of drug-likeness (QED) is 0.412. The maximum Gasteiger partial charge on any atom is 0.319 e. The zero-order valence-electron chi connectivity index (χ0n) is 18.0. The van der Waals surface area contributed by atoms with Crippen molar-refractivity contribution in [3.05, 3.63) is 40.4 Å². The van der Waals surface area contributed by atoms with E-state index in [1.54, 1.807) is 31.2 Å². The summed E-state index contributed by atoms with van der Waals surface area (Å²) in [6.45, 7) is 4.12. The first-order valence-corrected chi connectivity index (χ1v) is 10.9. The number of ether oxygens (including phenoxy) is 3. The van der Waals surface area contributed by atoms with Gasteiger partial charge in [-0.05, 0) is 31.5 Å². The van der Waals surface area contributed by atoms with Gasteiger partial charge in [0.05, 0.1) is 42.7 Å². The molecule has 0 radical (unpaired) electrons. The number of nitrogens with zero attached hydrogens (tertiary/aromatic N) is 1. The minimum Gasteiger partial charge on any atom is -0.494 e. The predicted molar refractivity (Wildman–Crippen MR) is 115 cm³/mol. The average Bonchev–Trinajstić information content (AvgIpc) is 2.77. The van der Waals surface area contributed by atoms with Crippen LogP contribution in [0, 0.1) is 17.2 Å². The van der Waals surface area contributed by atoms with Gasteiger partial charge in [-0.25, -0.2) is 0 Å². The van der Waals surface area contributed by atoms with Crippen molar-refractivity contribution in [2.75, 3.05) is 26.1 Å². The van der Waals surface area contributed by atoms with Crippen molar-refractivity contribution in [1.82, 2.24) is 5.32 Å². The van der Waals surface area contributed by atoms with E-state index in [4.69, 9.17) is 14.2 Å². The van der Waals surface area contributed by atoms with Crippen molar-refractivity contribution in [2.24, 2.45) is 5.92 Å². The lowest BCUT2D eigenvalue weighted by molar-refractivity contribution is -0.151. The van der Waals surface area contributed by atoms with Gasteiger partial charge in [-0.3, -0.25) is 19.2 Å². The number of esters is 2. The van der Waals surface area contributed by atoms with Gasteiger partial charge in [-0.15, -0.1) is 0 Å². The van der Waals surface area contributed by atoms with Crippen LogP contribution >= 0.6 is 11.8 Å². The van der Waals surface area contributed by atoms with Crippen molar-refractivity contribution in [1.29, 1.82) is 5.26 Å². The Morgan fingerprint density at radius 3 is 2.41 bits per heavy atom. The number of carbonyl (C=O) groups is 4. The number of nitrogens with one attached hydrogen (secondary N) is 1. The number of amides is 1. The topological polar surface area (TPSA) is 132 Å². The molecule has 0 unspecified atom stereocenters. The third-order valence-electron chi connectivity index (χ3n) is 4.56. The highest BCUT2D eigenvalue weighted by atomic mass is 32.2. The number of allylic oxidation sites excluding steroid dienone is 1. The Labute approximate surface area is 190 Å². The first-order valence-electron chi connectivity index (χ1n) is 9.92. The molecule has 0 fully saturated rings. The number of nitriles is 1.